The number of fused-ring (bicyclic) bond motifs is 1. The number of imidazole rings is 1. The fraction of sp³-hybridized carbons (Fsp3) is 0.172. The van der Waals surface area contributed by atoms with E-state index in [1.807, 2.05) is 18.3 Å². The average Bonchev–Trinajstić information content (AvgIpc) is 3.24. The topological polar surface area (TPSA) is 56.2 Å². The van der Waals surface area contributed by atoms with Crippen molar-refractivity contribution in [3.05, 3.63) is 103 Å². The summed E-state index contributed by atoms with van der Waals surface area (Å²) in [6.07, 6.45) is 9.22. The normalized spacial score (nSPS) is 14.8. The van der Waals surface area contributed by atoms with Crippen LogP contribution in [0, 0.1) is 6.92 Å². The second kappa shape index (κ2) is 7.68. The number of hydrogen-bond donors (Lipinski definition) is 1. The lowest BCUT2D eigenvalue weighted by Crippen LogP contribution is -2.43. The van der Waals surface area contributed by atoms with E-state index >= 15 is 0 Å². The van der Waals surface area contributed by atoms with E-state index in [1.54, 1.807) is 6.20 Å². The monoisotopic (exact) mass is 430 g/mol. The Morgan fingerprint density at radius 3 is 2.27 bits per heavy atom. The summed E-state index contributed by atoms with van der Waals surface area (Å²) in [6.45, 7) is 2.12. The summed E-state index contributed by atoms with van der Waals surface area (Å²) in [6, 6.07) is 25.5. The van der Waals surface area contributed by atoms with E-state index in [-0.39, 0.29) is 5.54 Å². The first-order valence-corrected chi connectivity index (χ1v) is 11.5. The van der Waals surface area contributed by atoms with Crippen molar-refractivity contribution in [2.75, 3.05) is 0 Å². The zero-order chi connectivity index (χ0) is 22.4. The van der Waals surface area contributed by atoms with E-state index in [9.17, 15) is 0 Å². The van der Waals surface area contributed by atoms with E-state index in [2.05, 4.69) is 83.2 Å². The molecule has 1 saturated carbocycles. The van der Waals surface area contributed by atoms with E-state index in [0.717, 1.165) is 57.7 Å². The van der Waals surface area contributed by atoms with Crippen molar-refractivity contribution in [2.45, 2.75) is 31.7 Å². The zero-order valence-electron chi connectivity index (χ0n) is 18.7. The molecule has 1 fully saturated rings. The first-order valence-electron chi connectivity index (χ1n) is 11.5. The number of rotatable bonds is 4. The van der Waals surface area contributed by atoms with E-state index in [0.29, 0.717) is 0 Å². The van der Waals surface area contributed by atoms with Gasteiger partial charge in [-0.15, -0.1) is 0 Å². The molecule has 2 N–H and O–H groups in total. The van der Waals surface area contributed by atoms with Crippen LogP contribution in [0.3, 0.4) is 0 Å². The molecule has 4 heteroatoms. The number of aryl methyl sites for hydroxylation is 1. The first-order chi connectivity index (χ1) is 16.1. The highest BCUT2D eigenvalue weighted by Crippen LogP contribution is 2.40. The van der Waals surface area contributed by atoms with Gasteiger partial charge in [-0.1, -0.05) is 60.7 Å². The summed E-state index contributed by atoms with van der Waals surface area (Å²) >= 11 is 0. The Labute approximate surface area is 193 Å². The molecule has 5 aromatic rings. The van der Waals surface area contributed by atoms with Gasteiger partial charge < -0.3 is 5.73 Å². The fourth-order valence-electron chi connectivity index (χ4n) is 4.88. The smallest absolute Gasteiger partial charge is 0.140 e. The molecule has 3 aromatic heterocycles. The third-order valence-electron chi connectivity index (χ3n) is 6.93. The van der Waals surface area contributed by atoms with Gasteiger partial charge in [0.15, 0.2) is 0 Å². The Hall–Kier alpha value is -3.76. The van der Waals surface area contributed by atoms with Gasteiger partial charge in [0.1, 0.15) is 5.65 Å². The number of aromatic nitrogens is 3. The molecule has 1 aliphatic carbocycles. The third kappa shape index (κ3) is 3.35. The van der Waals surface area contributed by atoms with Crippen LogP contribution in [0.5, 0.6) is 0 Å². The van der Waals surface area contributed by atoms with Crippen molar-refractivity contribution in [2.24, 2.45) is 5.73 Å². The van der Waals surface area contributed by atoms with E-state index in [4.69, 9.17) is 10.7 Å². The van der Waals surface area contributed by atoms with Crippen LogP contribution < -0.4 is 5.73 Å². The Morgan fingerprint density at radius 2 is 1.61 bits per heavy atom. The van der Waals surface area contributed by atoms with Gasteiger partial charge in [0.25, 0.3) is 0 Å². The van der Waals surface area contributed by atoms with E-state index in [1.165, 1.54) is 12.0 Å². The summed E-state index contributed by atoms with van der Waals surface area (Å²) in [4.78, 5) is 9.44. The molecule has 0 amide bonds. The molecule has 0 bridgehead atoms. The molecule has 0 unspecified atom stereocenters. The van der Waals surface area contributed by atoms with Gasteiger partial charge in [0.05, 0.1) is 11.4 Å². The predicted molar refractivity (Wildman–Crippen MR) is 134 cm³/mol. The number of nitrogens with two attached hydrogens (primary N) is 1. The molecule has 0 aliphatic heterocycles. The quantitative estimate of drug-likeness (QED) is 0.360. The molecular formula is C29H26N4. The minimum Gasteiger partial charge on any atom is -0.321 e. The second-order valence-electron chi connectivity index (χ2n) is 9.11. The maximum atomic E-state index is 6.56. The summed E-state index contributed by atoms with van der Waals surface area (Å²) in [7, 11) is 0. The van der Waals surface area contributed by atoms with Crippen LogP contribution in [0.1, 0.15) is 30.4 Å². The van der Waals surface area contributed by atoms with Crippen LogP contribution in [0.2, 0.25) is 0 Å². The maximum Gasteiger partial charge on any atom is 0.140 e. The van der Waals surface area contributed by atoms with Crippen LogP contribution in [0.15, 0.2) is 91.4 Å². The summed E-state index contributed by atoms with van der Waals surface area (Å²) < 4.78 is 2.23. The van der Waals surface area contributed by atoms with Crippen molar-refractivity contribution in [1.82, 2.24) is 14.4 Å². The standard InChI is InChI=1S/C29H26N4/c1-20-17-24(23-9-5-16-31-18-23)19-33-27(22-7-3-2-4-8-22)26(32-28(20)33)21-10-12-25(13-11-21)29(30)14-6-15-29/h2-5,7-13,16-19H,6,14-15,30H2,1H3. The lowest BCUT2D eigenvalue weighted by Gasteiger charge is -2.38. The van der Waals surface area contributed by atoms with Crippen LogP contribution in [-0.4, -0.2) is 14.4 Å². The van der Waals surface area contributed by atoms with Crippen molar-refractivity contribution in [3.63, 3.8) is 0 Å². The summed E-state index contributed by atoms with van der Waals surface area (Å²) in [5.74, 6) is 0. The molecule has 0 atom stereocenters. The average molecular weight is 431 g/mol. The van der Waals surface area contributed by atoms with Crippen molar-refractivity contribution < 1.29 is 0 Å². The Kier molecular flexibility index (Phi) is 4.63. The SMILES string of the molecule is Cc1cc(-c2cccnc2)cn2c(-c3ccccc3)c(-c3ccc(C4(N)CCC4)cc3)nc12. The zero-order valence-corrected chi connectivity index (χ0v) is 18.7. The maximum absolute atomic E-state index is 6.56. The Bertz CT molecular complexity index is 1430. The molecular weight excluding hydrogens is 404 g/mol. The van der Waals surface area contributed by atoms with Crippen molar-refractivity contribution in [1.29, 1.82) is 0 Å². The lowest BCUT2D eigenvalue weighted by molar-refractivity contribution is 0.253. The molecule has 0 spiro atoms. The summed E-state index contributed by atoms with van der Waals surface area (Å²) in [5.41, 5.74) is 16.3. The van der Waals surface area contributed by atoms with E-state index < -0.39 is 0 Å². The van der Waals surface area contributed by atoms with Gasteiger partial charge in [-0.05, 0) is 49.4 Å². The molecule has 0 saturated heterocycles. The molecule has 2 aromatic carbocycles. The van der Waals surface area contributed by atoms with Crippen LogP contribution >= 0.6 is 0 Å². The highest BCUT2D eigenvalue weighted by Gasteiger charge is 2.34. The Morgan fingerprint density at radius 1 is 0.848 bits per heavy atom. The fourth-order valence-corrected chi connectivity index (χ4v) is 4.88. The van der Waals surface area contributed by atoms with Gasteiger partial charge in [-0.25, -0.2) is 4.98 Å². The molecule has 4 nitrogen and oxygen atoms in total. The predicted octanol–water partition coefficient (Wildman–Crippen LogP) is 6.38. The van der Waals surface area contributed by atoms with Gasteiger partial charge in [-0.2, -0.15) is 0 Å². The number of nitrogens with zero attached hydrogens (tertiary/aromatic N) is 3. The number of pyridine rings is 2. The minimum atomic E-state index is -0.158. The summed E-state index contributed by atoms with van der Waals surface area (Å²) in [5, 5.41) is 0. The first kappa shape index (κ1) is 19.9. The highest BCUT2D eigenvalue weighted by atomic mass is 15.0. The van der Waals surface area contributed by atoms with Crippen LogP contribution in [0.25, 0.3) is 39.3 Å². The Balaban J connectivity index is 1.56. The van der Waals surface area contributed by atoms with Gasteiger partial charge in [0.2, 0.25) is 0 Å². The highest BCUT2D eigenvalue weighted by molar-refractivity contribution is 5.84. The largest absolute Gasteiger partial charge is 0.321 e. The van der Waals surface area contributed by atoms with Crippen molar-refractivity contribution in [3.8, 4) is 33.6 Å². The molecule has 33 heavy (non-hydrogen) atoms. The van der Waals surface area contributed by atoms with Gasteiger partial charge in [-0.3, -0.25) is 9.38 Å². The minimum absolute atomic E-state index is 0.158. The van der Waals surface area contributed by atoms with Crippen molar-refractivity contribution >= 4 is 5.65 Å². The molecule has 1 aliphatic rings. The molecule has 6 rings (SSSR count). The lowest BCUT2D eigenvalue weighted by atomic mass is 9.72. The number of hydrogen-bond acceptors (Lipinski definition) is 3. The molecule has 3 heterocycles. The van der Waals surface area contributed by atoms with Gasteiger partial charge >= 0.3 is 0 Å². The second-order valence-corrected chi connectivity index (χ2v) is 9.11. The van der Waals surface area contributed by atoms with Crippen LogP contribution in [-0.2, 0) is 5.54 Å². The van der Waals surface area contributed by atoms with Gasteiger partial charge in [0, 0.05) is 46.4 Å². The molecule has 162 valence electrons. The van der Waals surface area contributed by atoms with Crippen LogP contribution in [0.4, 0.5) is 0 Å². The third-order valence-corrected chi connectivity index (χ3v) is 6.93. The number of benzene rings is 2. The molecule has 0 radical (unpaired) electrons.